The molecule has 1 unspecified atom stereocenters. The fourth-order valence-corrected chi connectivity index (χ4v) is 5.08. The molecule has 3 aromatic rings. The van der Waals surface area contributed by atoms with Gasteiger partial charge >= 0.3 is 6.18 Å². The first-order valence-electron chi connectivity index (χ1n) is 10.6. The maximum atomic E-state index is 13.3. The number of ether oxygens (including phenoxy) is 2. The summed E-state index contributed by atoms with van der Waals surface area (Å²) in [4.78, 5) is 22.2. The van der Waals surface area contributed by atoms with Crippen molar-refractivity contribution in [1.82, 2.24) is 14.9 Å². The van der Waals surface area contributed by atoms with Crippen molar-refractivity contribution in [2.24, 2.45) is 0 Å². The molecule has 1 aromatic heterocycles. The largest absolute Gasteiger partial charge is 0.486 e. The van der Waals surface area contributed by atoms with Gasteiger partial charge in [-0.1, -0.05) is 36.0 Å². The number of benzene rings is 2. The van der Waals surface area contributed by atoms with Crippen LogP contribution in [0.5, 0.6) is 11.5 Å². The van der Waals surface area contributed by atoms with Crippen LogP contribution in [-0.2, 0) is 11.0 Å². The Morgan fingerprint density at radius 2 is 1.88 bits per heavy atom. The van der Waals surface area contributed by atoms with Crippen molar-refractivity contribution in [3.63, 3.8) is 0 Å². The zero-order valence-corrected chi connectivity index (χ0v) is 18.3. The third-order valence-corrected chi connectivity index (χ3v) is 6.65. The number of hydrogen-bond donors (Lipinski definition) is 0. The molecule has 1 amide bonds. The minimum atomic E-state index is -4.67. The predicted octanol–water partition coefficient (Wildman–Crippen LogP) is 4.88. The standard InChI is InChI=1S/C23H20F3N3O3S/c24-23(25,26)22-27-16-5-2-1-4-15(16)21(28-22)33-13-20(30)29-9-3-6-17(29)14-7-8-18-19(12-14)32-11-10-31-18/h1-2,4-5,7-8,12,17H,3,6,9-11,13H2. The van der Waals surface area contributed by atoms with Gasteiger partial charge in [0.25, 0.3) is 0 Å². The molecule has 33 heavy (non-hydrogen) atoms. The molecular weight excluding hydrogens is 455 g/mol. The van der Waals surface area contributed by atoms with E-state index in [-0.39, 0.29) is 28.2 Å². The molecular formula is C23H20F3N3O3S. The molecule has 2 aromatic carbocycles. The Morgan fingerprint density at radius 1 is 1.09 bits per heavy atom. The molecule has 172 valence electrons. The number of carbonyl (C=O) groups excluding carboxylic acids is 1. The molecule has 3 heterocycles. The summed E-state index contributed by atoms with van der Waals surface area (Å²) in [5.74, 6) is -0.00785. The number of hydrogen-bond acceptors (Lipinski definition) is 6. The summed E-state index contributed by atoms with van der Waals surface area (Å²) >= 11 is 1.01. The quantitative estimate of drug-likeness (QED) is 0.396. The van der Waals surface area contributed by atoms with Crippen LogP contribution < -0.4 is 9.47 Å². The highest BCUT2D eigenvalue weighted by molar-refractivity contribution is 8.00. The highest BCUT2D eigenvalue weighted by Crippen LogP contribution is 2.39. The Hall–Kier alpha value is -3.01. The average molecular weight is 475 g/mol. The van der Waals surface area contributed by atoms with Crippen LogP contribution in [0.3, 0.4) is 0 Å². The first kappa shape index (κ1) is 21.8. The second-order valence-electron chi connectivity index (χ2n) is 7.80. The molecule has 0 N–H and O–H groups in total. The molecule has 0 saturated carbocycles. The number of amides is 1. The lowest BCUT2D eigenvalue weighted by Gasteiger charge is -2.26. The molecule has 6 nitrogen and oxygen atoms in total. The summed E-state index contributed by atoms with van der Waals surface area (Å²) in [5.41, 5.74) is 1.16. The average Bonchev–Trinajstić information content (AvgIpc) is 3.31. The number of rotatable bonds is 4. The van der Waals surface area contributed by atoms with Crippen LogP contribution in [0.25, 0.3) is 10.9 Å². The molecule has 0 radical (unpaired) electrons. The second kappa shape index (κ2) is 8.74. The van der Waals surface area contributed by atoms with Crippen molar-refractivity contribution in [3.8, 4) is 11.5 Å². The predicted molar refractivity (Wildman–Crippen MR) is 116 cm³/mol. The van der Waals surface area contributed by atoms with Crippen molar-refractivity contribution < 1.29 is 27.4 Å². The van der Waals surface area contributed by atoms with E-state index < -0.39 is 12.0 Å². The zero-order chi connectivity index (χ0) is 23.0. The number of likely N-dealkylation sites (tertiary alicyclic amines) is 1. The Balaban J connectivity index is 1.35. The van der Waals surface area contributed by atoms with Gasteiger partial charge in [-0.3, -0.25) is 4.79 Å². The molecule has 1 fully saturated rings. The first-order valence-corrected chi connectivity index (χ1v) is 11.5. The molecule has 5 rings (SSSR count). The van der Waals surface area contributed by atoms with Gasteiger partial charge in [0, 0.05) is 11.9 Å². The van der Waals surface area contributed by atoms with Crippen molar-refractivity contribution in [3.05, 3.63) is 53.9 Å². The Labute approximate surface area is 192 Å². The summed E-state index contributed by atoms with van der Waals surface area (Å²) in [6.45, 7) is 1.58. The monoisotopic (exact) mass is 475 g/mol. The van der Waals surface area contributed by atoms with E-state index in [2.05, 4.69) is 9.97 Å². The minimum absolute atomic E-state index is 0.0145. The summed E-state index contributed by atoms with van der Waals surface area (Å²) < 4.78 is 51.0. The molecule has 0 bridgehead atoms. The Bertz CT molecular complexity index is 1200. The number of carbonyl (C=O) groups is 1. The van der Waals surface area contributed by atoms with Crippen molar-refractivity contribution in [2.75, 3.05) is 25.5 Å². The molecule has 2 aliphatic heterocycles. The minimum Gasteiger partial charge on any atom is -0.486 e. The van der Waals surface area contributed by atoms with Gasteiger partial charge in [-0.05, 0) is 36.6 Å². The fourth-order valence-electron chi connectivity index (χ4n) is 4.18. The normalized spacial score (nSPS) is 18.0. The lowest BCUT2D eigenvalue weighted by Crippen LogP contribution is -2.32. The zero-order valence-electron chi connectivity index (χ0n) is 17.5. The number of alkyl halides is 3. The van der Waals surface area contributed by atoms with Gasteiger partial charge in [-0.15, -0.1) is 0 Å². The summed E-state index contributed by atoms with van der Waals surface area (Å²) in [7, 11) is 0. The van der Waals surface area contributed by atoms with E-state index in [0.29, 0.717) is 36.6 Å². The smallest absolute Gasteiger partial charge is 0.451 e. The van der Waals surface area contributed by atoms with E-state index in [1.54, 1.807) is 23.1 Å². The topological polar surface area (TPSA) is 64.6 Å². The van der Waals surface area contributed by atoms with E-state index in [1.165, 1.54) is 6.07 Å². The highest BCUT2D eigenvalue weighted by Gasteiger charge is 2.36. The van der Waals surface area contributed by atoms with Crippen molar-refractivity contribution in [1.29, 1.82) is 0 Å². The molecule has 0 aliphatic carbocycles. The number of fused-ring (bicyclic) bond motifs is 2. The lowest BCUT2D eigenvalue weighted by molar-refractivity contribution is -0.145. The van der Waals surface area contributed by atoms with E-state index >= 15 is 0 Å². The number of aromatic nitrogens is 2. The van der Waals surface area contributed by atoms with Gasteiger partial charge < -0.3 is 14.4 Å². The van der Waals surface area contributed by atoms with Crippen molar-refractivity contribution >= 4 is 28.6 Å². The van der Waals surface area contributed by atoms with Crippen LogP contribution in [0.15, 0.2) is 47.5 Å². The maximum absolute atomic E-state index is 13.3. The van der Waals surface area contributed by atoms with Crippen LogP contribution in [0, 0.1) is 0 Å². The van der Waals surface area contributed by atoms with Gasteiger partial charge in [0.05, 0.1) is 17.3 Å². The summed E-state index contributed by atoms with van der Waals surface area (Å²) in [6.07, 6.45) is -3.00. The summed E-state index contributed by atoms with van der Waals surface area (Å²) in [6, 6.07) is 12.1. The maximum Gasteiger partial charge on any atom is 0.451 e. The Morgan fingerprint density at radius 3 is 2.70 bits per heavy atom. The van der Waals surface area contributed by atoms with E-state index in [9.17, 15) is 18.0 Å². The van der Waals surface area contributed by atoms with Gasteiger partial charge in [0.2, 0.25) is 11.7 Å². The first-order chi connectivity index (χ1) is 15.9. The number of halogens is 3. The van der Waals surface area contributed by atoms with Crippen LogP contribution in [0.1, 0.15) is 30.3 Å². The third-order valence-electron chi connectivity index (χ3n) is 5.68. The van der Waals surface area contributed by atoms with Crippen LogP contribution >= 0.6 is 11.8 Å². The number of para-hydroxylation sites is 1. The fraction of sp³-hybridized carbons (Fsp3) is 0.348. The lowest BCUT2D eigenvalue weighted by atomic mass is 10.0. The van der Waals surface area contributed by atoms with Crippen LogP contribution in [0.2, 0.25) is 0 Å². The summed E-state index contributed by atoms with van der Waals surface area (Å²) in [5, 5.41) is 0.643. The molecule has 10 heteroatoms. The van der Waals surface area contributed by atoms with Crippen molar-refractivity contribution in [2.45, 2.75) is 30.1 Å². The number of thioether (sulfide) groups is 1. The van der Waals surface area contributed by atoms with E-state index in [1.807, 2.05) is 18.2 Å². The van der Waals surface area contributed by atoms with E-state index in [4.69, 9.17) is 9.47 Å². The SMILES string of the molecule is O=C(CSc1nc(C(F)(F)F)nc2ccccc12)N1CCCC1c1ccc2c(c1)OCCO2. The van der Waals surface area contributed by atoms with Gasteiger partial charge in [0.1, 0.15) is 18.2 Å². The molecule has 2 aliphatic rings. The number of nitrogens with zero attached hydrogens (tertiary/aromatic N) is 3. The van der Waals surface area contributed by atoms with Gasteiger partial charge in [0.15, 0.2) is 11.5 Å². The molecule has 1 atom stereocenters. The molecule has 0 spiro atoms. The second-order valence-corrected chi connectivity index (χ2v) is 8.77. The van der Waals surface area contributed by atoms with Crippen LogP contribution in [-0.4, -0.2) is 46.3 Å². The third kappa shape index (κ3) is 4.44. The van der Waals surface area contributed by atoms with Gasteiger partial charge in [-0.2, -0.15) is 13.2 Å². The van der Waals surface area contributed by atoms with Crippen LogP contribution in [0.4, 0.5) is 13.2 Å². The van der Waals surface area contributed by atoms with E-state index in [0.717, 1.165) is 30.2 Å². The molecule has 1 saturated heterocycles. The highest BCUT2D eigenvalue weighted by atomic mass is 32.2. The Kier molecular flexibility index (Phi) is 5.77. The van der Waals surface area contributed by atoms with Gasteiger partial charge in [-0.25, -0.2) is 9.97 Å².